The first-order valence-electron chi connectivity index (χ1n) is 8.96. The first kappa shape index (κ1) is 18.5. The normalized spacial score (nSPS) is 18.2. The van der Waals surface area contributed by atoms with E-state index in [-0.39, 0.29) is 0 Å². The van der Waals surface area contributed by atoms with E-state index in [0.29, 0.717) is 28.4 Å². The first-order chi connectivity index (χ1) is 12.3. The number of piperidine rings is 1. The third-order valence-electron chi connectivity index (χ3n) is 4.69. The van der Waals surface area contributed by atoms with Gasteiger partial charge in [-0.3, -0.25) is 9.88 Å². The van der Waals surface area contributed by atoms with Crippen LogP contribution in [-0.2, 0) is 0 Å². The Morgan fingerprint density at radius 2 is 1.92 bits per heavy atom. The fraction of sp³-hybridized carbons (Fsp3) is 0.450. The molecule has 1 aliphatic rings. The van der Waals surface area contributed by atoms with Crippen LogP contribution in [0, 0.1) is 0 Å². The topological polar surface area (TPSA) is 25.4 Å². The van der Waals surface area contributed by atoms with Gasteiger partial charge >= 0.3 is 0 Å². The molecule has 1 aromatic carbocycles. The van der Waals surface area contributed by atoms with E-state index in [1.807, 2.05) is 24.5 Å². The molecule has 0 unspecified atom stereocenters. The highest BCUT2D eigenvalue weighted by atomic mass is 35.5. The van der Waals surface area contributed by atoms with E-state index < -0.39 is 0 Å². The lowest BCUT2D eigenvalue weighted by atomic mass is 9.96. The van der Waals surface area contributed by atoms with Crippen LogP contribution in [0.5, 0.6) is 5.75 Å². The van der Waals surface area contributed by atoms with Gasteiger partial charge in [0.05, 0.1) is 16.7 Å². The van der Waals surface area contributed by atoms with Gasteiger partial charge in [0, 0.05) is 18.4 Å². The van der Waals surface area contributed by atoms with Crippen molar-refractivity contribution in [2.45, 2.75) is 38.1 Å². The third-order valence-corrected chi connectivity index (χ3v) is 5.28. The maximum Gasteiger partial charge on any atom is 0.156 e. The van der Waals surface area contributed by atoms with Crippen LogP contribution < -0.4 is 4.74 Å². The Morgan fingerprint density at radius 3 is 2.68 bits per heavy atom. The second-order valence-corrected chi connectivity index (χ2v) is 7.25. The van der Waals surface area contributed by atoms with Crippen LogP contribution in [0.2, 0.25) is 10.0 Å². The number of aromatic nitrogens is 1. The van der Waals surface area contributed by atoms with Crippen molar-refractivity contribution in [1.29, 1.82) is 0 Å². The van der Waals surface area contributed by atoms with Crippen LogP contribution in [0.25, 0.3) is 0 Å². The van der Waals surface area contributed by atoms with Crippen LogP contribution in [0.1, 0.15) is 43.7 Å². The maximum absolute atomic E-state index is 6.13. The minimum absolute atomic E-state index is 0.501. The highest BCUT2D eigenvalue weighted by molar-refractivity contribution is 6.37. The van der Waals surface area contributed by atoms with Gasteiger partial charge in [-0.15, -0.1) is 0 Å². The molecule has 1 saturated heterocycles. The maximum atomic E-state index is 6.13. The number of nitrogens with zero attached hydrogens (tertiary/aromatic N) is 2. The predicted molar refractivity (Wildman–Crippen MR) is 104 cm³/mol. The second-order valence-electron chi connectivity index (χ2n) is 6.44. The summed E-state index contributed by atoms with van der Waals surface area (Å²) in [5, 5.41) is 1.14. The Bertz CT molecular complexity index is 646. The van der Waals surface area contributed by atoms with Crippen molar-refractivity contribution in [3.8, 4) is 5.75 Å². The van der Waals surface area contributed by atoms with Crippen molar-refractivity contribution in [3.05, 3.63) is 58.3 Å². The lowest BCUT2D eigenvalue weighted by Gasteiger charge is -2.35. The molecule has 3 rings (SSSR count). The predicted octanol–water partition coefficient (Wildman–Crippen LogP) is 5.77. The van der Waals surface area contributed by atoms with Gasteiger partial charge in [-0.25, -0.2) is 0 Å². The smallest absolute Gasteiger partial charge is 0.156 e. The van der Waals surface area contributed by atoms with Gasteiger partial charge in [0.15, 0.2) is 5.75 Å². The molecule has 134 valence electrons. The molecule has 1 fully saturated rings. The molecule has 1 atom stereocenters. The number of halogens is 2. The molecule has 1 aromatic heterocycles. The summed E-state index contributed by atoms with van der Waals surface area (Å²) >= 11 is 12.3. The molecule has 2 heterocycles. The molecule has 5 heteroatoms. The fourth-order valence-corrected chi connectivity index (χ4v) is 3.93. The summed E-state index contributed by atoms with van der Waals surface area (Å²) in [6, 6.07) is 10.2. The Kier molecular flexibility index (Phi) is 6.97. The SMILES string of the molecule is Clc1cccc(Cl)c1OCCCCN1CCCC[C@H]1c1cccnc1. The minimum atomic E-state index is 0.501. The van der Waals surface area contributed by atoms with Gasteiger partial charge in [0.2, 0.25) is 0 Å². The standard InChI is InChI=1S/C20H24Cl2N2O/c21-17-8-5-9-18(22)20(17)25-14-4-3-13-24-12-2-1-10-19(24)16-7-6-11-23-15-16/h5-9,11,15,19H,1-4,10,12-14H2/t19-/m0/s1. The van der Waals surface area contributed by atoms with Crippen LogP contribution in [-0.4, -0.2) is 29.6 Å². The Balaban J connectivity index is 1.46. The second kappa shape index (κ2) is 9.42. The highest BCUT2D eigenvalue weighted by Crippen LogP contribution is 2.33. The van der Waals surface area contributed by atoms with Crippen LogP contribution in [0.4, 0.5) is 0 Å². The first-order valence-corrected chi connectivity index (χ1v) is 9.72. The Labute approximate surface area is 159 Å². The molecule has 0 radical (unpaired) electrons. The van der Waals surface area contributed by atoms with E-state index in [2.05, 4.69) is 16.0 Å². The zero-order valence-electron chi connectivity index (χ0n) is 14.3. The molecule has 0 N–H and O–H groups in total. The Morgan fingerprint density at radius 1 is 1.08 bits per heavy atom. The van der Waals surface area contributed by atoms with Gasteiger partial charge in [-0.1, -0.05) is 41.8 Å². The molecular weight excluding hydrogens is 355 g/mol. The average molecular weight is 379 g/mol. The number of hydrogen-bond donors (Lipinski definition) is 0. The molecule has 0 amide bonds. The number of likely N-dealkylation sites (tertiary alicyclic amines) is 1. The van der Waals surface area contributed by atoms with E-state index in [4.69, 9.17) is 27.9 Å². The third kappa shape index (κ3) is 5.10. The summed E-state index contributed by atoms with van der Waals surface area (Å²) in [6.45, 7) is 2.88. The molecular formula is C20H24Cl2N2O. The summed E-state index contributed by atoms with van der Waals surface area (Å²) in [5.74, 6) is 0.594. The molecule has 1 aliphatic heterocycles. The fourth-order valence-electron chi connectivity index (χ4n) is 3.42. The summed E-state index contributed by atoms with van der Waals surface area (Å²) < 4.78 is 5.78. The monoisotopic (exact) mass is 378 g/mol. The van der Waals surface area contributed by atoms with Crippen molar-refractivity contribution in [2.75, 3.05) is 19.7 Å². The largest absolute Gasteiger partial charge is 0.490 e. The molecule has 0 aliphatic carbocycles. The summed E-state index contributed by atoms with van der Waals surface area (Å²) in [5.41, 5.74) is 1.33. The van der Waals surface area contributed by atoms with Gasteiger partial charge in [0.1, 0.15) is 0 Å². The number of unbranched alkanes of at least 4 members (excludes halogenated alkanes) is 1. The van der Waals surface area contributed by atoms with Gasteiger partial charge in [0.25, 0.3) is 0 Å². The van der Waals surface area contributed by atoms with E-state index in [1.165, 1.54) is 24.8 Å². The zero-order chi connectivity index (χ0) is 17.5. The van der Waals surface area contributed by atoms with Crippen LogP contribution >= 0.6 is 23.2 Å². The summed E-state index contributed by atoms with van der Waals surface area (Å²) in [4.78, 5) is 6.87. The molecule has 3 nitrogen and oxygen atoms in total. The number of hydrogen-bond acceptors (Lipinski definition) is 3. The summed E-state index contributed by atoms with van der Waals surface area (Å²) in [7, 11) is 0. The average Bonchev–Trinajstić information content (AvgIpc) is 2.65. The number of rotatable bonds is 7. The zero-order valence-corrected chi connectivity index (χ0v) is 15.8. The quantitative estimate of drug-likeness (QED) is 0.571. The van der Waals surface area contributed by atoms with Crippen molar-refractivity contribution in [3.63, 3.8) is 0 Å². The van der Waals surface area contributed by atoms with Crippen LogP contribution in [0.3, 0.4) is 0 Å². The molecule has 0 saturated carbocycles. The van der Waals surface area contributed by atoms with E-state index in [9.17, 15) is 0 Å². The van der Waals surface area contributed by atoms with Gasteiger partial charge in [-0.05, 0) is 62.5 Å². The van der Waals surface area contributed by atoms with Crippen molar-refractivity contribution in [1.82, 2.24) is 9.88 Å². The van der Waals surface area contributed by atoms with Gasteiger partial charge in [-0.2, -0.15) is 0 Å². The number of para-hydroxylation sites is 1. The molecule has 2 aromatic rings. The number of ether oxygens (including phenoxy) is 1. The lowest BCUT2D eigenvalue weighted by Crippen LogP contribution is -2.34. The minimum Gasteiger partial charge on any atom is -0.490 e. The summed E-state index contributed by atoms with van der Waals surface area (Å²) in [6.07, 6.45) is 9.72. The van der Waals surface area contributed by atoms with Crippen LogP contribution in [0.15, 0.2) is 42.7 Å². The van der Waals surface area contributed by atoms with Crippen molar-refractivity contribution >= 4 is 23.2 Å². The molecule has 0 bridgehead atoms. The van der Waals surface area contributed by atoms with Crippen molar-refractivity contribution < 1.29 is 4.74 Å². The van der Waals surface area contributed by atoms with E-state index in [0.717, 1.165) is 25.9 Å². The van der Waals surface area contributed by atoms with E-state index >= 15 is 0 Å². The molecule has 25 heavy (non-hydrogen) atoms. The van der Waals surface area contributed by atoms with Crippen molar-refractivity contribution in [2.24, 2.45) is 0 Å². The number of benzene rings is 1. The van der Waals surface area contributed by atoms with E-state index in [1.54, 1.807) is 12.1 Å². The number of pyridine rings is 1. The van der Waals surface area contributed by atoms with Gasteiger partial charge < -0.3 is 4.74 Å². The highest BCUT2D eigenvalue weighted by Gasteiger charge is 2.23. The lowest BCUT2D eigenvalue weighted by molar-refractivity contribution is 0.143. The molecule has 0 spiro atoms. The Hall–Kier alpha value is -1.29.